The molecule has 5 rings (SSSR count). The Morgan fingerprint density at radius 2 is 1.97 bits per heavy atom. The van der Waals surface area contributed by atoms with Crippen molar-refractivity contribution in [2.24, 2.45) is 5.92 Å². The van der Waals surface area contributed by atoms with Crippen LogP contribution in [0, 0.1) is 25.6 Å². The van der Waals surface area contributed by atoms with Gasteiger partial charge in [0.05, 0.1) is 7.11 Å². The summed E-state index contributed by atoms with van der Waals surface area (Å²) < 4.78 is 19.6. The summed E-state index contributed by atoms with van der Waals surface area (Å²) >= 11 is 0. The zero-order valence-corrected chi connectivity index (χ0v) is 20.3. The first-order chi connectivity index (χ1) is 16.9. The molecule has 0 radical (unpaired) electrons. The van der Waals surface area contributed by atoms with Gasteiger partial charge in [-0.3, -0.25) is 9.78 Å². The van der Waals surface area contributed by atoms with Gasteiger partial charge in [0.1, 0.15) is 17.3 Å². The molecule has 1 aliphatic carbocycles. The van der Waals surface area contributed by atoms with Gasteiger partial charge in [-0.25, -0.2) is 9.37 Å². The summed E-state index contributed by atoms with van der Waals surface area (Å²) in [5, 5.41) is 1.14. The maximum absolute atomic E-state index is 14.1. The van der Waals surface area contributed by atoms with E-state index in [4.69, 9.17) is 4.74 Å². The van der Waals surface area contributed by atoms with Gasteiger partial charge in [0.2, 0.25) is 0 Å². The van der Waals surface area contributed by atoms with Gasteiger partial charge in [-0.1, -0.05) is 0 Å². The van der Waals surface area contributed by atoms with Crippen LogP contribution in [0.3, 0.4) is 0 Å². The van der Waals surface area contributed by atoms with Crippen LogP contribution in [0.15, 0.2) is 48.9 Å². The van der Waals surface area contributed by atoms with Gasteiger partial charge in [-0.15, -0.1) is 0 Å². The van der Waals surface area contributed by atoms with Crippen molar-refractivity contribution in [1.82, 2.24) is 19.9 Å². The van der Waals surface area contributed by atoms with Gasteiger partial charge in [0, 0.05) is 53.7 Å². The molecule has 0 bridgehead atoms. The van der Waals surface area contributed by atoms with E-state index in [0.29, 0.717) is 36.7 Å². The highest BCUT2D eigenvalue weighted by Crippen LogP contribution is 2.32. The molecule has 35 heavy (non-hydrogen) atoms. The van der Waals surface area contributed by atoms with Crippen LogP contribution in [0.4, 0.5) is 4.39 Å². The maximum Gasteiger partial charge on any atom is 0.274 e. The second kappa shape index (κ2) is 9.49. The molecular formula is C28H29FN4O2. The van der Waals surface area contributed by atoms with Crippen molar-refractivity contribution in [2.75, 3.05) is 20.2 Å². The minimum atomic E-state index is -0.357. The second-order valence-corrected chi connectivity index (χ2v) is 9.34. The first kappa shape index (κ1) is 23.0. The lowest BCUT2D eigenvalue weighted by atomic mass is 10.0. The molecule has 1 amide bonds. The summed E-state index contributed by atoms with van der Waals surface area (Å²) in [6, 6.07) is 8.67. The Morgan fingerprint density at radius 3 is 2.71 bits per heavy atom. The van der Waals surface area contributed by atoms with E-state index < -0.39 is 0 Å². The van der Waals surface area contributed by atoms with Crippen molar-refractivity contribution in [3.8, 4) is 17.0 Å². The van der Waals surface area contributed by atoms with E-state index >= 15 is 0 Å². The molecule has 0 aliphatic heterocycles. The van der Waals surface area contributed by atoms with Gasteiger partial charge in [0.25, 0.3) is 5.91 Å². The molecule has 0 saturated heterocycles. The first-order valence-corrected chi connectivity index (χ1v) is 12.0. The third kappa shape index (κ3) is 4.76. The minimum absolute atomic E-state index is 0.170. The molecule has 2 aromatic heterocycles. The number of hydrogen-bond acceptors (Lipinski definition) is 4. The van der Waals surface area contributed by atoms with E-state index in [1.54, 1.807) is 13.3 Å². The number of hydrogen-bond donors (Lipinski definition) is 1. The zero-order chi connectivity index (χ0) is 24.5. The number of nitrogens with zero attached hydrogens (tertiary/aromatic N) is 3. The lowest BCUT2D eigenvalue weighted by Crippen LogP contribution is -2.35. The quantitative estimate of drug-likeness (QED) is 0.368. The molecular weight excluding hydrogens is 443 g/mol. The summed E-state index contributed by atoms with van der Waals surface area (Å²) in [4.78, 5) is 27.8. The number of aromatic amines is 1. The number of methoxy groups -OCH3 is 1. The van der Waals surface area contributed by atoms with Crippen LogP contribution >= 0.6 is 0 Å². The third-order valence-corrected chi connectivity index (χ3v) is 6.69. The molecule has 0 atom stereocenters. The maximum atomic E-state index is 14.1. The summed E-state index contributed by atoms with van der Waals surface area (Å²) in [5.74, 6) is 0.833. The van der Waals surface area contributed by atoms with E-state index in [-0.39, 0.29) is 17.4 Å². The Kier molecular flexibility index (Phi) is 6.24. The van der Waals surface area contributed by atoms with Crippen molar-refractivity contribution in [2.45, 2.75) is 33.1 Å². The molecule has 1 saturated carbocycles. The highest BCUT2D eigenvalue weighted by Gasteiger charge is 2.29. The summed E-state index contributed by atoms with van der Waals surface area (Å²) in [7, 11) is 1.68. The molecule has 4 aromatic rings. The normalized spacial score (nSPS) is 13.3. The number of nitrogens with one attached hydrogen (secondary N) is 1. The van der Waals surface area contributed by atoms with Crippen molar-refractivity contribution in [3.63, 3.8) is 0 Å². The number of ether oxygens (including phenoxy) is 1. The monoisotopic (exact) mass is 472 g/mol. The van der Waals surface area contributed by atoms with Crippen LogP contribution in [-0.4, -0.2) is 46.0 Å². The fourth-order valence-corrected chi connectivity index (χ4v) is 4.75. The van der Waals surface area contributed by atoms with Gasteiger partial charge < -0.3 is 14.6 Å². The van der Waals surface area contributed by atoms with Crippen LogP contribution < -0.4 is 4.74 Å². The lowest BCUT2D eigenvalue weighted by Gasteiger charge is -2.23. The minimum Gasteiger partial charge on any atom is -0.496 e. The predicted molar refractivity (Wildman–Crippen MR) is 134 cm³/mol. The van der Waals surface area contributed by atoms with Gasteiger partial charge in [-0.05, 0) is 80.5 Å². The van der Waals surface area contributed by atoms with Crippen LogP contribution in [0.1, 0.15) is 40.0 Å². The Bertz CT molecular complexity index is 1370. The number of aromatic nitrogens is 3. The first-order valence-electron chi connectivity index (χ1n) is 12.0. The average molecular weight is 473 g/mol. The molecule has 1 aliphatic rings. The standard InChI is InChI=1S/C28H29FN4O2/c1-17-12-21(14-22(29)13-17)26-27(31-10-9-30-26)28(34)33(16-19-4-5-19)11-8-20-15-32-23-6-7-24(35-3)18(2)25(20)23/h6-7,9-10,12-15,19,32H,4-5,8,11,16H2,1-3H3. The van der Waals surface area contributed by atoms with E-state index in [2.05, 4.69) is 21.9 Å². The smallest absolute Gasteiger partial charge is 0.274 e. The fraction of sp³-hybridized carbons (Fsp3) is 0.321. The van der Waals surface area contributed by atoms with E-state index in [9.17, 15) is 9.18 Å². The molecule has 6 nitrogen and oxygen atoms in total. The van der Waals surface area contributed by atoms with E-state index in [1.165, 1.54) is 18.3 Å². The number of rotatable bonds is 8. The molecule has 1 fully saturated rings. The molecule has 1 N–H and O–H groups in total. The molecule has 2 heterocycles. The van der Waals surface area contributed by atoms with Crippen LogP contribution in [0.5, 0.6) is 5.75 Å². The average Bonchev–Trinajstić information content (AvgIpc) is 3.57. The molecule has 7 heteroatoms. The largest absolute Gasteiger partial charge is 0.496 e. The van der Waals surface area contributed by atoms with E-state index in [0.717, 1.165) is 46.2 Å². The van der Waals surface area contributed by atoms with Crippen molar-refractivity contribution < 1.29 is 13.9 Å². The third-order valence-electron chi connectivity index (χ3n) is 6.69. The molecule has 2 aromatic carbocycles. The Morgan fingerprint density at radius 1 is 1.17 bits per heavy atom. The number of H-pyrrole nitrogens is 1. The van der Waals surface area contributed by atoms with Crippen molar-refractivity contribution >= 4 is 16.8 Å². The lowest BCUT2D eigenvalue weighted by molar-refractivity contribution is 0.0744. The number of benzene rings is 2. The summed E-state index contributed by atoms with van der Waals surface area (Å²) in [6.07, 6.45) is 8.03. The van der Waals surface area contributed by atoms with Gasteiger partial charge in [0.15, 0.2) is 5.69 Å². The highest BCUT2D eigenvalue weighted by atomic mass is 19.1. The Hall–Kier alpha value is -3.74. The number of amides is 1. The molecule has 0 spiro atoms. The number of fused-ring (bicyclic) bond motifs is 1. The number of aryl methyl sites for hydroxylation is 2. The van der Waals surface area contributed by atoms with Crippen LogP contribution in [0.25, 0.3) is 22.2 Å². The molecule has 0 unspecified atom stereocenters. The number of carbonyl (C=O) groups excluding carboxylic acids is 1. The zero-order valence-electron chi connectivity index (χ0n) is 20.3. The Labute approximate surface area is 204 Å². The number of halogens is 1. The van der Waals surface area contributed by atoms with Crippen molar-refractivity contribution in [3.05, 3.63) is 77.1 Å². The SMILES string of the molecule is COc1ccc2[nH]cc(CCN(CC3CC3)C(=O)c3nccnc3-c3cc(C)cc(F)c3)c2c1C. The van der Waals surface area contributed by atoms with Crippen LogP contribution in [-0.2, 0) is 6.42 Å². The number of carbonyl (C=O) groups is 1. The fourth-order valence-electron chi connectivity index (χ4n) is 4.75. The summed E-state index contributed by atoms with van der Waals surface area (Å²) in [6.45, 7) is 5.11. The Balaban J connectivity index is 1.45. The van der Waals surface area contributed by atoms with Crippen LogP contribution in [0.2, 0.25) is 0 Å². The predicted octanol–water partition coefficient (Wildman–Crippen LogP) is 5.48. The summed E-state index contributed by atoms with van der Waals surface area (Å²) in [5.41, 5.74) is 5.28. The topological polar surface area (TPSA) is 71.1 Å². The van der Waals surface area contributed by atoms with Gasteiger partial charge >= 0.3 is 0 Å². The van der Waals surface area contributed by atoms with E-state index in [1.807, 2.05) is 36.2 Å². The highest BCUT2D eigenvalue weighted by molar-refractivity contribution is 5.98. The van der Waals surface area contributed by atoms with Crippen molar-refractivity contribution in [1.29, 1.82) is 0 Å². The van der Waals surface area contributed by atoms with Gasteiger partial charge in [-0.2, -0.15) is 0 Å². The second-order valence-electron chi connectivity index (χ2n) is 9.34. The molecule has 180 valence electrons.